The van der Waals surface area contributed by atoms with Crippen LogP contribution in [0.15, 0.2) is 54.6 Å². The molecule has 2 aliphatic rings. The first-order chi connectivity index (χ1) is 16.7. The number of carbonyl (C=O) groups excluding carboxylic acids is 2. The number of fused-ring (bicyclic) bond motifs is 2. The maximum atomic E-state index is 13.6. The fourth-order valence-electron chi connectivity index (χ4n) is 5.34. The Balaban J connectivity index is 1.62. The van der Waals surface area contributed by atoms with Crippen molar-refractivity contribution in [2.24, 2.45) is 0 Å². The van der Waals surface area contributed by atoms with Crippen molar-refractivity contribution in [3.63, 3.8) is 0 Å². The van der Waals surface area contributed by atoms with Crippen molar-refractivity contribution in [3.8, 4) is 5.75 Å². The molecule has 1 saturated carbocycles. The first-order valence-corrected chi connectivity index (χ1v) is 13.1. The van der Waals surface area contributed by atoms with Gasteiger partial charge in [0.05, 0.1) is 18.0 Å². The van der Waals surface area contributed by atoms with Crippen LogP contribution in [0, 0.1) is 0 Å². The van der Waals surface area contributed by atoms with E-state index in [2.05, 4.69) is 4.90 Å². The number of hydrogen-bond acceptors (Lipinski definition) is 3. The van der Waals surface area contributed by atoms with E-state index in [-0.39, 0.29) is 24.0 Å². The molecule has 0 aromatic heterocycles. The average molecular weight is 463 g/mol. The second-order valence-corrected chi connectivity index (χ2v) is 9.55. The molecule has 34 heavy (non-hydrogen) atoms. The van der Waals surface area contributed by atoms with Gasteiger partial charge in [-0.2, -0.15) is 0 Å². The number of para-hydroxylation sites is 1. The molecule has 182 valence electrons. The smallest absolute Gasteiger partial charge is 0.257 e. The van der Waals surface area contributed by atoms with Crippen molar-refractivity contribution < 1.29 is 14.3 Å². The summed E-state index contributed by atoms with van der Waals surface area (Å²) in [5.41, 5.74) is 1.68. The van der Waals surface area contributed by atoms with Gasteiger partial charge in [-0.05, 0) is 56.7 Å². The van der Waals surface area contributed by atoms with Gasteiger partial charge in [-0.3, -0.25) is 9.59 Å². The molecule has 0 N–H and O–H groups in total. The lowest BCUT2D eigenvalue weighted by molar-refractivity contribution is -0.136. The van der Waals surface area contributed by atoms with Crippen molar-refractivity contribution in [1.29, 1.82) is 0 Å². The number of ether oxygens (including phenoxy) is 1. The van der Waals surface area contributed by atoms with Gasteiger partial charge < -0.3 is 14.5 Å². The summed E-state index contributed by atoms with van der Waals surface area (Å²) in [5, 5.41) is 0. The highest BCUT2D eigenvalue weighted by atomic mass is 16.5. The van der Waals surface area contributed by atoms with Crippen molar-refractivity contribution in [1.82, 2.24) is 9.80 Å². The highest BCUT2D eigenvalue weighted by Gasteiger charge is 2.35. The van der Waals surface area contributed by atoms with Gasteiger partial charge in [0.1, 0.15) is 11.9 Å². The third kappa shape index (κ3) is 5.99. The van der Waals surface area contributed by atoms with Crippen molar-refractivity contribution in [3.05, 3.63) is 65.7 Å². The van der Waals surface area contributed by atoms with E-state index in [0.717, 1.165) is 70.0 Å². The minimum Gasteiger partial charge on any atom is -0.487 e. The van der Waals surface area contributed by atoms with E-state index in [1.807, 2.05) is 66.4 Å². The van der Waals surface area contributed by atoms with Gasteiger partial charge in [0, 0.05) is 19.6 Å². The van der Waals surface area contributed by atoms with Crippen molar-refractivity contribution in [2.45, 2.75) is 76.9 Å². The zero-order chi connectivity index (χ0) is 23.8. The van der Waals surface area contributed by atoms with Crippen molar-refractivity contribution in [2.75, 3.05) is 19.6 Å². The standard InChI is InChI=1S/C29H38N2O3/c1-2-30-20-12-3-4-13-21-31(28(32)22-23-14-6-5-7-15-23)25-17-9-11-19-27(25)34-26-18-10-8-16-24(26)29(30)33/h5-8,10,14-16,18,25,27H,2-4,9,11-13,17,19-22H2,1H3/t25-,27+/m1/s1. The summed E-state index contributed by atoms with van der Waals surface area (Å²) < 4.78 is 6.60. The predicted molar refractivity (Wildman–Crippen MR) is 135 cm³/mol. The normalized spacial score (nSPS) is 22.2. The van der Waals surface area contributed by atoms with Gasteiger partial charge in [0.15, 0.2) is 0 Å². The summed E-state index contributed by atoms with van der Waals surface area (Å²) in [6, 6.07) is 17.7. The molecule has 5 heteroatoms. The summed E-state index contributed by atoms with van der Waals surface area (Å²) in [6.07, 6.45) is 8.45. The van der Waals surface area contributed by atoms with Crippen LogP contribution in [0.25, 0.3) is 0 Å². The molecule has 0 bridgehead atoms. The molecule has 2 aromatic rings. The van der Waals surface area contributed by atoms with E-state index in [1.54, 1.807) is 0 Å². The monoisotopic (exact) mass is 462 g/mol. The fourth-order valence-corrected chi connectivity index (χ4v) is 5.34. The number of nitrogens with zero attached hydrogens (tertiary/aromatic N) is 2. The number of amides is 2. The van der Waals surface area contributed by atoms with Crippen LogP contribution in [0.5, 0.6) is 5.75 Å². The minimum atomic E-state index is -0.0968. The largest absolute Gasteiger partial charge is 0.487 e. The maximum Gasteiger partial charge on any atom is 0.257 e. The van der Waals surface area contributed by atoms with Gasteiger partial charge in [-0.1, -0.05) is 61.7 Å². The minimum absolute atomic E-state index is 0.0401. The molecular formula is C29H38N2O3. The Kier molecular flexibility index (Phi) is 8.62. The second-order valence-electron chi connectivity index (χ2n) is 9.55. The van der Waals surface area contributed by atoms with E-state index < -0.39 is 0 Å². The summed E-state index contributed by atoms with van der Waals surface area (Å²) in [5.74, 6) is 0.871. The molecule has 5 nitrogen and oxygen atoms in total. The molecule has 0 radical (unpaired) electrons. The van der Waals surface area contributed by atoms with Crippen LogP contribution in [0.3, 0.4) is 0 Å². The molecule has 0 spiro atoms. The zero-order valence-corrected chi connectivity index (χ0v) is 20.5. The molecule has 1 aliphatic heterocycles. The molecule has 0 saturated heterocycles. The van der Waals surface area contributed by atoms with Crippen LogP contribution >= 0.6 is 0 Å². The Bertz CT molecular complexity index is 945. The van der Waals surface area contributed by atoms with Gasteiger partial charge in [-0.15, -0.1) is 0 Å². The number of rotatable bonds is 3. The molecule has 2 amide bonds. The third-order valence-electron chi connectivity index (χ3n) is 7.23. The molecule has 2 aromatic carbocycles. The molecule has 0 unspecified atom stereocenters. The first-order valence-electron chi connectivity index (χ1n) is 13.1. The van der Waals surface area contributed by atoms with Crippen LogP contribution in [-0.4, -0.2) is 53.4 Å². The quantitative estimate of drug-likeness (QED) is 0.607. The number of carbonyl (C=O) groups is 2. The topological polar surface area (TPSA) is 49.9 Å². The maximum absolute atomic E-state index is 13.6. The summed E-state index contributed by atoms with van der Waals surface area (Å²) in [4.78, 5) is 30.9. The van der Waals surface area contributed by atoms with Gasteiger partial charge in [0.25, 0.3) is 5.91 Å². The Morgan fingerprint density at radius 3 is 2.38 bits per heavy atom. The summed E-state index contributed by atoms with van der Waals surface area (Å²) >= 11 is 0. The lowest BCUT2D eigenvalue weighted by atomic mass is 9.90. The lowest BCUT2D eigenvalue weighted by Gasteiger charge is -2.40. The molecule has 2 atom stereocenters. The van der Waals surface area contributed by atoms with E-state index in [0.29, 0.717) is 24.3 Å². The summed E-state index contributed by atoms with van der Waals surface area (Å²) in [6.45, 7) is 4.26. The zero-order valence-electron chi connectivity index (χ0n) is 20.5. The predicted octanol–water partition coefficient (Wildman–Crippen LogP) is 5.48. The van der Waals surface area contributed by atoms with E-state index in [4.69, 9.17) is 4.74 Å². The fraction of sp³-hybridized carbons (Fsp3) is 0.517. The van der Waals surface area contributed by atoms with Gasteiger partial charge in [-0.25, -0.2) is 0 Å². The Labute approximate surface area is 204 Å². The van der Waals surface area contributed by atoms with Crippen LogP contribution in [-0.2, 0) is 11.2 Å². The highest BCUT2D eigenvalue weighted by Crippen LogP contribution is 2.31. The Hall–Kier alpha value is -2.82. The van der Waals surface area contributed by atoms with Crippen LogP contribution < -0.4 is 4.74 Å². The molecule has 4 rings (SSSR count). The molecule has 1 aliphatic carbocycles. The molecular weight excluding hydrogens is 424 g/mol. The van der Waals surface area contributed by atoms with Crippen LogP contribution in [0.2, 0.25) is 0 Å². The lowest BCUT2D eigenvalue weighted by Crippen LogP contribution is -2.51. The van der Waals surface area contributed by atoms with Crippen LogP contribution in [0.4, 0.5) is 0 Å². The average Bonchev–Trinajstić information content (AvgIpc) is 2.86. The van der Waals surface area contributed by atoms with Gasteiger partial charge >= 0.3 is 0 Å². The van der Waals surface area contributed by atoms with Crippen molar-refractivity contribution >= 4 is 11.8 Å². The Morgan fingerprint density at radius 1 is 0.882 bits per heavy atom. The third-order valence-corrected chi connectivity index (χ3v) is 7.23. The number of hydrogen-bond donors (Lipinski definition) is 0. The molecule has 1 fully saturated rings. The summed E-state index contributed by atoms with van der Waals surface area (Å²) in [7, 11) is 0. The van der Waals surface area contributed by atoms with E-state index in [1.165, 1.54) is 0 Å². The van der Waals surface area contributed by atoms with Gasteiger partial charge in [0.2, 0.25) is 5.91 Å². The molecule has 1 heterocycles. The Morgan fingerprint density at radius 2 is 1.59 bits per heavy atom. The highest BCUT2D eigenvalue weighted by molar-refractivity contribution is 5.97. The number of benzene rings is 2. The van der Waals surface area contributed by atoms with E-state index in [9.17, 15) is 9.59 Å². The van der Waals surface area contributed by atoms with E-state index >= 15 is 0 Å². The SMILES string of the molecule is CCN1CCCCCCN(C(=O)Cc2ccccc2)[C@@H]2CCCC[C@@H]2Oc2ccccc2C1=O. The van der Waals surface area contributed by atoms with Crippen LogP contribution in [0.1, 0.15) is 74.2 Å². The first kappa shape index (κ1) is 24.3. The second kappa shape index (κ2) is 12.0.